The number of H-pyrrole nitrogens is 1. The predicted octanol–water partition coefficient (Wildman–Crippen LogP) is 3.14. The number of esters is 1. The fourth-order valence-corrected chi connectivity index (χ4v) is 2.76. The number of rotatable bonds is 5. The molecular formula is C18H17N5O3. The number of nitrogens with one attached hydrogen (secondary N) is 2. The second-order valence-electron chi connectivity index (χ2n) is 5.57. The van der Waals surface area contributed by atoms with Crippen LogP contribution in [-0.2, 0) is 4.74 Å². The van der Waals surface area contributed by atoms with E-state index in [1.807, 2.05) is 30.3 Å². The molecule has 4 aromatic rings. The van der Waals surface area contributed by atoms with Crippen LogP contribution in [0.15, 0.2) is 42.5 Å². The van der Waals surface area contributed by atoms with Gasteiger partial charge in [-0.05, 0) is 37.3 Å². The van der Waals surface area contributed by atoms with E-state index in [1.165, 1.54) is 0 Å². The normalized spacial score (nSPS) is 11.0. The molecule has 26 heavy (non-hydrogen) atoms. The van der Waals surface area contributed by atoms with Crippen molar-refractivity contribution >= 4 is 34.4 Å². The van der Waals surface area contributed by atoms with E-state index in [-0.39, 0.29) is 5.97 Å². The highest BCUT2D eigenvalue weighted by Gasteiger charge is 2.14. The van der Waals surface area contributed by atoms with Gasteiger partial charge >= 0.3 is 5.97 Å². The van der Waals surface area contributed by atoms with Gasteiger partial charge in [-0.25, -0.2) is 14.3 Å². The molecule has 8 heteroatoms. The number of para-hydroxylation sites is 2. The summed E-state index contributed by atoms with van der Waals surface area (Å²) in [5, 5.41) is 6.34. The second kappa shape index (κ2) is 6.40. The summed E-state index contributed by atoms with van der Waals surface area (Å²) in [6.45, 7) is 2.11. The van der Waals surface area contributed by atoms with Gasteiger partial charge in [0.15, 0.2) is 0 Å². The molecule has 0 spiro atoms. The fraction of sp³-hybridized carbons (Fsp3) is 0.167. The number of fused-ring (bicyclic) bond motifs is 3. The topological polar surface area (TPSA) is 93.5 Å². The zero-order chi connectivity index (χ0) is 18.1. The lowest BCUT2D eigenvalue weighted by Crippen LogP contribution is -2.04. The number of carbonyl (C=O) groups is 1. The van der Waals surface area contributed by atoms with Gasteiger partial charge in [0.05, 0.1) is 36.0 Å². The highest BCUT2D eigenvalue weighted by Crippen LogP contribution is 2.26. The molecule has 0 unspecified atom stereocenters. The van der Waals surface area contributed by atoms with Crippen LogP contribution in [0.25, 0.3) is 16.8 Å². The summed E-state index contributed by atoms with van der Waals surface area (Å²) in [5.74, 6) is 1.38. The lowest BCUT2D eigenvalue weighted by molar-refractivity contribution is 0.0526. The molecule has 8 nitrogen and oxygen atoms in total. The first-order chi connectivity index (χ1) is 12.7. The third-order valence-corrected chi connectivity index (χ3v) is 3.94. The van der Waals surface area contributed by atoms with Crippen molar-refractivity contribution in [3.05, 3.63) is 48.0 Å². The minimum atomic E-state index is -0.363. The van der Waals surface area contributed by atoms with Crippen LogP contribution in [-0.4, -0.2) is 39.3 Å². The van der Waals surface area contributed by atoms with Crippen molar-refractivity contribution in [2.75, 3.05) is 19.0 Å². The number of methoxy groups -OCH3 is 1. The van der Waals surface area contributed by atoms with Gasteiger partial charge in [0.1, 0.15) is 5.75 Å². The van der Waals surface area contributed by atoms with Crippen molar-refractivity contribution in [1.82, 2.24) is 19.6 Å². The number of aromatic nitrogens is 4. The number of aromatic amines is 1. The summed E-state index contributed by atoms with van der Waals surface area (Å²) in [5.41, 5.74) is 2.74. The fourth-order valence-electron chi connectivity index (χ4n) is 2.76. The smallest absolute Gasteiger partial charge is 0.338 e. The maximum atomic E-state index is 11.9. The average Bonchev–Trinajstić information content (AvgIpc) is 3.18. The minimum absolute atomic E-state index is 0.334. The van der Waals surface area contributed by atoms with E-state index in [0.717, 1.165) is 11.2 Å². The highest BCUT2D eigenvalue weighted by atomic mass is 16.5. The van der Waals surface area contributed by atoms with Crippen LogP contribution in [0.2, 0.25) is 0 Å². The van der Waals surface area contributed by atoms with Gasteiger partial charge in [-0.2, -0.15) is 4.98 Å². The van der Waals surface area contributed by atoms with E-state index >= 15 is 0 Å². The van der Waals surface area contributed by atoms with Crippen LogP contribution in [0, 0.1) is 0 Å². The summed E-state index contributed by atoms with van der Waals surface area (Å²) in [6.07, 6.45) is 0. The molecule has 2 aromatic heterocycles. The Hall–Kier alpha value is -3.55. The van der Waals surface area contributed by atoms with Crippen LogP contribution >= 0.6 is 0 Å². The van der Waals surface area contributed by atoms with Crippen molar-refractivity contribution in [2.24, 2.45) is 0 Å². The number of imidazole rings is 1. The molecular weight excluding hydrogens is 334 g/mol. The van der Waals surface area contributed by atoms with Gasteiger partial charge in [-0.1, -0.05) is 12.1 Å². The highest BCUT2D eigenvalue weighted by molar-refractivity contribution is 5.94. The largest absolute Gasteiger partial charge is 0.495 e. The van der Waals surface area contributed by atoms with Crippen LogP contribution in [0.3, 0.4) is 0 Å². The molecule has 4 rings (SSSR count). The van der Waals surface area contributed by atoms with Crippen LogP contribution < -0.4 is 10.1 Å². The zero-order valence-corrected chi connectivity index (χ0v) is 14.3. The number of anilines is 2. The third kappa shape index (κ3) is 2.71. The Bertz CT molecular complexity index is 1100. The maximum absolute atomic E-state index is 11.9. The predicted molar refractivity (Wildman–Crippen MR) is 97.1 cm³/mol. The SMILES string of the molecule is CCOC(=O)c1ccc2c(c1)nc1nc(Nc3ccccc3OC)[nH]n12. The molecule has 132 valence electrons. The molecule has 0 radical (unpaired) electrons. The number of carbonyl (C=O) groups excluding carboxylic acids is 1. The molecule has 2 aromatic carbocycles. The Labute approximate surface area is 148 Å². The lowest BCUT2D eigenvalue weighted by atomic mass is 10.2. The first kappa shape index (κ1) is 15.9. The van der Waals surface area contributed by atoms with Gasteiger partial charge in [-0.15, -0.1) is 0 Å². The van der Waals surface area contributed by atoms with Gasteiger partial charge in [0.2, 0.25) is 5.95 Å². The molecule has 2 N–H and O–H groups in total. The Kier molecular flexibility index (Phi) is 3.92. The molecule has 0 saturated heterocycles. The van der Waals surface area contributed by atoms with Gasteiger partial charge in [0, 0.05) is 0 Å². The third-order valence-electron chi connectivity index (χ3n) is 3.94. The van der Waals surface area contributed by atoms with Crippen molar-refractivity contribution < 1.29 is 14.3 Å². The summed E-state index contributed by atoms with van der Waals surface area (Å²) >= 11 is 0. The van der Waals surface area contributed by atoms with Gasteiger partial charge in [-0.3, -0.25) is 5.10 Å². The average molecular weight is 351 g/mol. The number of benzene rings is 2. The first-order valence-electron chi connectivity index (χ1n) is 8.15. The standard InChI is InChI=1S/C18H17N5O3/c1-3-26-16(24)11-8-9-14-13(10-11)20-18-21-17(22-23(14)18)19-12-6-4-5-7-15(12)25-2/h4-10H,3H2,1-2H3,(H2,19,20,21,22). The molecule has 0 aliphatic rings. The van der Waals surface area contributed by atoms with E-state index in [4.69, 9.17) is 9.47 Å². The maximum Gasteiger partial charge on any atom is 0.338 e. The molecule has 0 aliphatic heterocycles. The molecule has 0 amide bonds. The van der Waals surface area contributed by atoms with E-state index < -0.39 is 0 Å². The minimum Gasteiger partial charge on any atom is -0.495 e. The summed E-state index contributed by atoms with van der Waals surface area (Å²) < 4.78 is 12.1. The Balaban J connectivity index is 1.69. The molecule has 0 aliphatic carbocycles. The summed E-state index contributed by atoms with van der Waals surface area (Å²) in [7, 11) is 1.62. The molecule has 0 atom stereocenters. The molecule has 0 saturated carbocycles. The molecule has 0 fully saturated rings. The summed E-state index contributed by atoms with van der Waals surface area (Å²) in [4.78, 5) is 20.8. The van der Waals surface area contributed by atoms with E-state index in [2.05, 4.69) is 20.4 Å². The van der Waals surface area contributed by atoms with Crippen molar-refractivity contribution in [3.8, 4) is 5.75 Å². The van der Waals surface area contributed by atoms with E-state index in [9.17, 15) is 4.79 Å². The number of hydrogen-bond donors (Lipinski definition) is 2. The van der Waals surface area contributed by atoms with Crippen LogP contribution in [0.5, 0.6) is 5.75 Å². The number of ether oxygens (including phenoxy) is 2. The number of nitrogens with zero attached hydrogens (tertiary/aromatic N) is 3. The second-order valence-corrected chi connectivity index (χ2v) is 5.57. The van der Waals surface area contributed by atoms with Crippen molar-refractivity contribution in [3.63, 3.8) is 0 Å². The quantitative estimate of drug-likeness (QED) is 0.537. The Morgan fingerprint density at radius 1 is 1.23 bits per heavy atom. The van der Waals surface area contributed by atoms with Crippen molar-refractivity contribution in [2.45, 2.75) is 6.92 Å². The Morgan fingerprint density at radius 2 is 2.08 bits per heavy atom. The van der Waals surface area contributed by atoms with Gasteiger partial charge < -0.3 is 14.8 Å². The van der Waals surface area contributed by atoms with Crippen LogP contribution in [0.1, 0.15) is 17.3 Å². The van der Waals surface area contributed by atoms with Gasteiger partial charge in [0.25, 0.3) is 5.78 Å². The first-order valence-corrected chi connectivity index (χ1v) is 8.15. The molecule has 2 heterocycles. The Morgan fingerprint density at radius 3 is 2.88 bits per heavy atom. The molecule has 0 bridgehead atoms. The number of hydrogen-bond acceptors (Lipinski definition) is 6. The lowest BCUT2D eigenvalue weighted by Gasteiger charge is -2.07. The van der Waals surface area contributed by atoms with E-state index in [0.29, 0.717) is 35.2 Å². The van der Waals surface area contributed by atoms with E-state index in [1.54, 1.807) is 30.7 Å². The zero-order valence-electron chi connectivity index (χ0n) is 14.3. The van der Waals surface area contributed by atoms with Crippen LogP contribution in [0.4, 0.5) is 11.6 Å². The monoisotopic (exact) mass is 351 g/mol. The van der Waals surface area contributed by atoms with Crippen molar-refractivity contribution in [1.29, 1.82) is 0 Å². The summed E-state index contributed by atoms with van der Waals surface area (Å²) in [6, 6.07) is 12.8.